The number of hydrogen-bond acceptors (Lipinski definition) is 4. The molecule has 0 atom stereocenters. The van der Waals surface area contributed by atoms with E-state index >= 15 is 0 Å². The monoisotopic (exact) mass is 307 g/mol. The summed E-state index contributed by atoms with van der Waals surface area (Å²) in [6, 6.07) is 15.6. The number of ether oxygens (including phenoxy) is 1. The predicted octanol–water partition coefficient (Wildman–Crippen LogP) is 2.79. The maximum Gasteiger partial charge on any atom is 0.163 e. The molecule has 0 amide bonds. The lowest BCUT2D eigenvalue weighted by Crippen LogP contribution is -2.07. The Bertz CT molecular complexity index is 842. The molecule has 116 valence electrons. The third kappa shape index (κ3) is 2.59. The molecule has 0 radical (unpaired) electrons. The molecule has 1 aliphatic heterocycles. The van der Waals surface area contributed by atoms with Gasteiger partial charge in [-0.1, -0.05) is 36.4 Å². The molecule has 1 aromatic heterocycles. The van der Waals surface area contributed by atoms with Crippen LogP contribution in [0.1, 0.15) is 22.8 Å². The molecular formula is C18H17N3O2. The summed E-state index contributed by atoms with van der Waals surface area (Å²) >= 11 is 0. The molecule has 2 heterocycles. The summed E-state index contributed by atoms with van der Waals surface area (Å²) < 4.78 is 7.76. The number of benzene rings is 2. The van der Waals surface area contributed by atoms with Crippen molar-refractivity contribution in [2.24, 2.45) is 0 Å². The Morgan fingerprint density at radius 1 is 0.957 bits per heavy atom. The molecular weight excluding hydrogens is 290 g/mol. The van der Waals surface area contributed by atoms with E-state index in [0.29, 0.717) is 31.8 Å². The van der Waals surface area contributed by atoms with Gasteiger partial charge in [-0.05, 0) is 24.1 Å². The second-order valence-corrected chi connectivity index (χ2v) is 5.62. The van der Waals surface area contributed by atoms with E-state index in [1.807, 2.05) is 30.3 Å². The van der Waals surface area contributed by atoms with Gasteiger partial charge < -0.3 is 9.84 Å². The van der Waals surface area contributed by atoms with Gasteiger partial charge in [0.1, 0.15) is 18.2 Å². The van der Waals surface area contributed by atoms with Gasteiger partial charge in [-0.15, -0.1) is 10.2 Å². The number of aromatic nitrogens is 3. The van der Waals surface area contributed by atoms with Crippen LogP contribution in [0.5, 0.6) is 5.75 Å². The third-order valence-electron chi connectivity index (χ3n) is 4.13. The van der Waals surface area contributed by atoms with Crippen LogP contribution >= 0.6 is 0 Å². The average Bonchev–Trinajstić information content (AvgIpc) is 2.88. The normalized spacial score (nSPS) is 13.2. The quantitative estimate of drug-likeness (QED) is 0.808. The molecule has 1 N–H and O–H groups in total. The SMILES string of the molecule is Oc1ccccc1CCc1nnc2n1-c1ccccc1COC2. The van der Waals surface area contributed by atoms with E-state index in [-0.39, 0.29) is 0 Å². The highest BCUT2D eigenvalue weighted by Crippen LogP contribution is 2.24. The molecule has 0 fully saturated rings. The molecule has 4 rings (SSSR count). The van der Waals surface area contributed by atoms with E-state index in [1.165, 1.54) is 0 Å². The summed E-state index contributed by atoms with van der Waals surface area (Å²) in [6.45, 7) is 1.04. The van der Waals surface area contributed by atoms with Crippen molar-refractivity contribution in [2.45, 2.75) is 26.1 Å². The van der Waals surface area contributed by atoms with Gasteiger partial charge in [-0.25, -0.2) is 0 Å². The molecule has 3 aromatic rings. The van der Waals surface area contributed by atoms with Crippen molar-refractivity contribution in [3.8, 4) is 11.4 Å². The van der Waals surface area contributed by atoms with Gasteiger partial charge in [-0.3, -0.25) is 4.57 Å². The van der Waals surface area contributed by atoms with Gasteiger partial charge in [-0.2, -0.15) is 0 Å². The van der Waals surface area contributed by atoms with Crippen LogP contribution in [0.3, 0.4) is 0 Å². The van der Waals surface area contributed by atoms with Crippen LogP contribution in [-0.4, -0.2) is 19.9 Å². The number of phenolic OH excluding ortho intramolecular Hbond substituents is 1. The molecule has 0 saturated heterocycles. The second kappa shape index (κ2) is 5.85. The standard InChI is InChI=1S/C18H17N3O2/c22-16-8-4-2-5-13(16)9-10-17-19-20-18-12-23-11-14-6-1-3-7-15(14)21(17)18/h1-8,22H,9-12H2. The zero-order chi connectivity index (χ0) is 15.6. The number of aryl methyl sites for hydroxylation is 2. The Morgan fingerprint density at radius 2 is 1.78 bits per heavy atom. The van der Waals surface area contributed by atoms with E-state index in [1.54, 1.807) is 6.07 Å². The minimum atomic E-state index is 0.326. The first kappa shape index (κ1) is 14.0. The van der Waals surface area contributed by atoms with Crippen molar-refractivity contribution < 1.29 is 9.84 Å². The third-order valence-corrected chi connectivity index (χ3v) is 4.13. The highest BCUT2D eigenvalue weighted by atomic mass is 16.5. The number of fused-ring (bicyclic) bond motifs is 3. The molecule has 0 unspecified atom stereocenters. The second-order valence-electron chi connectivity index (χ2n) is 5.62. The number of phenols is 1. The summed E-state index contributed by atoms with van der Waals surface area (Å²) in [5.74, 6) is 2.04. The Labute approximate surface area is 134 Å². The average molecular weight is 307 g/mol. The van der Waals surface area contributed by atoms with E-state index in [2.05, 4.69) is 26.9 Å². The summed E-state index contributed by atoms with van der Waals surface area (Å²) in [5.41, 5.74) is 3.13. The molecule has 5 heteroatoms. The highest BCUT2D eigenvalue weighted by molar-refractivity contribution is 5.43. The van der Waals surface area contributed by atoms with Gasteiger partial charge >= 0.3 is 0 Å². The molecule has 0 aliphatic carbocycles. The maximum absolute atomic E-state index is 9.92. The maximum atomic E-state index is 9.92. The molecule has 0 bridgehead atoms. The first-order chi connectivity index (χ1) is 11.3. The van der Waals surface area contributed by atoms with Crippen molar-refractivity contribution >= 4 is 0 Å². The van der Waals surface area contributed by atoms with Gasteiger partial charge in [0.2, 0.25) is 0 Å². The van der Waals surface area contributed by atoms with Crippen LogP contribution < -0.4 is 0 Å². The Kier molecular flexibility index (Phi) is 3.55. The highest BCUT2D eigenvalue weighted by Gasteiger charge is 2.19. The van der Waals surface area contributed by atoms with Crippen molar-refractivity contribution in [1.29, 1.82) is 0 Å². The van der Waals surface area contributed by atoms with E-state index in [4.69, 9.17) is 4.74 Å². The smallest absolute Gasteiger partial charge is 0.163 e. The van der Waals surface area contributed by atoms with Gasteiger partial charge in [0, 0.05) is 12.0 Å². The van der Waals surface area contributed by atoms with Crippen LogP contribution in [0.4, 0.5) is 0 Å². The van der Waals surface area contributed by atoms with Crippen molar-refractivity contribution in [2.75, 3.05) is 0 Å². The summed E-state index contributed by atoms with van der Waals surface area (Å²) in [6.07, 6.45) is 1.42. The number of nitrogens with zero attached hydrogens (tertiary/aromatic N) is 3. The predicted molar refractivity (Wildman–Crippen MR) is 85.4 cm³/mol. The van der Waals surface area contributed by atoms with Crippen LogP contribution in [0.15, 0.2) is 48.5 Å². The van der Waals surface area contributed by atoms with Crippen molar-refractivity contribution in [1.82, 2.24) is 14.8 Å². The van der Waals surface area contributed by atoms with Gasteiger partial charge in [0.25, 0.3) is 0 Å². The van der Waals surface area contributed by atoms with Crippen LogP contribution in [0, 0.1) is 0 Å². The minimum Gasteiger partial charge on any atom is -0.508 e. The Hall–Kier alpha value is -2.66. The molecule has 23 heavy (non-hydrogen) atoms. The Morgan fingerprint density at radius 3 is 2.70 bits per heavy atom. The minimum absolute atomic E-state index is 0.326. The Balaban J connectivity index is 1.68. The summed E-state index contributed by atoms with van der Waals surface area (Å²) in [4.78, 5) is 0. The first-order valence-electron chi connectivity index (χ1n) is 7.69. The van der Waals surface area contributed by atoms with Crippen LogP contribution in [-0.2, 0) is 30.8 Å². The lowest BCUT2D eigenvalue weighted by molar-refractivity contribution is 0.105. The van der Waals surface area contributed by atoms with Crippen LogP contribution in [0.25, 0.3) is 5.69 Å². The lowest BCUT2D eigenvalue weighted by atomic mass is 10.1. The molecule has 0 spiro atoms. The topological polar surface area (TPSA) is 60.2 Å². The summed E-state index contributed by atoms with van der Waals surface area (Å²) in [7, 11) is 0. The molecule has 2 aromatic carbocycles. The summed E-state index contributed by atoms with van der Waals surface area (Å²) in [5, 5.41) is 18.5. The number of para-hydroxylation sites is 2. The van der Waals surface area contributed by atoms with Crippen molar-refractivity contribution in [3.63, 3.8) is 0 Å². The first-order valence-corrected chi connectivity index (χ1v) is 7.69. The van der Waals surface area contributed by atoms with Gasteiger partial charge in [0.15, 0.2) is 5.82 Å². The van der Waals surface area contributed by atoms with E-state index in [9.17, 15) is 5.11 Å². The number of rotatable bonds is 3. The molecule has 0 saturated carbocycles. The zero-order valence-corrected chi connectivity index (χ0v) is 12.6. The fraction of sp³-hybridized carbons (Fsp3) is 0.222. The number of aromatic hydroxyl groups is 1. The lowest BCUT2D eigenvalue weighted by Gasteiger charge is -2.11. The largest absolute Gasteiger partial charge is 0.508 e. The molecule has 1 aliphatic rings. The number of hydrogen-bond donors (Lipinski definition) is 1. The van der Waals surface area contributed by atoms with Crippen molar-refractivity contribution in [3.05, 3.63) is 71.3 Å². The van der Waals surface area contributed by atoms with Gasteiger partial charge in [0.05, 0.1) is 12.3 Å². The van der Waals surface area contributed by atoms with E-state index in [0.717, 1.165) is 28.5 Å². The fourth-order valence-corrected chi connectivity index (χ4v) is 2.96. The fourth-order valence-electron chi connectivity index (χ4n) is 2.96. The zero-order valence-electron chi connectivity index (χ0n) is 12.6. The van der Waals surface area contributed by atoms with Crippen LogP contribution in [0.2, 0.25) is 0 Å². The molecule has 5 nitrogen and oxygen atoms in total. The van der Waals surface area contributed by atoms with E-state index < -0.39 is 0 Å².